The van der Waals surface area contributed by atoms with E-state index in [1.165, 1.54) is 0 Å². The van der Waals surface area contributed by atoms with Gasteiger partial charge in [-0.25, -0.2) is 0 Å². The zero-order valence-corrected chi connectivity index (χ0v) is 9.36. The number of ketones is 1. The van der Waals surface area contributed by atoms with E-state index >= 15 is 0 Å². The van der Waals surface area contributed by atoms with Gasteiger partial charge in [0.05, 0.1) is 0 Å². The van der Waals surface area contributed by atoms with Gasteiger partial charge < -0.3 is 9.84 Å². The van der Waals surface area contributed by atoms with Crippen molar-refractivity contribution < 1.29 is 14.6 Å². The van der Waals surface area contributed by atoms with Crippen LogP contribution in [0.25, 0.3) is 0 Å². The van der Waals surface area contributed by atoms with Crippen molar-refractivity contribution in [3.63, 3.8) is 0 Å². The second kappa shape index (κ2) is 3.76. The summed E-state index contributed by atoms with van der Waals surface area (Å²) in [5.41, 5.74) is 0.791. The number of carbonyl (C=O) groups excluding carboxylic acids is 1. The number of benzene rings is 1. The smallest absolute Gasteiger partial charge is 0.222 e. The van der Waals surface area contributed by atoms with Crippen LogP contribution < -0.4 is 4.74 Å². The minimum Gasteiger partial charge on any atom is -0.454 e. The summed E-state index contributed by atoms with van der Waals surface area (Å²) in [6.07, 6.45) is 1.76. The number of fused-ring (bicyclic) bond motifs is 1. The zero-order chi connectivity index (χ0) is 11.8. The van der Waals surface area contributed by atoms with Crippen molar-refractivity contribution in [3.8, 4) is 5.75 Å². The van der Waals surface area contributed by atoms with Gasteiger partial charge in [-0.1, -0.05) is 32.0 Å². The number of carbonyl (C=O) groups is 1. The van der Waals surface area contributed by atoms with Crippen LogP contribution in [0.4, 0.5) is 0 Å². The molecule has 3 heteroatoms. The Kier molecular flexibility index (Phi) is 2.56. The Morgan fingerprint density at radius 3 is 2.75 bits per heavy atom. The quantitative estimate of drug-likeness (QED) is 0.823. The molecule has 0 aromatic heterocycles. The summed E-state index contributed by atoms with van der Waals surface area (Å²) in [4.78, 5) is 11.4. The molecule has 2 rings (SSSR count). The van der Waals surface area contributed by atoms with E-state index in [0.29, 0.717) is 5.75 Å². The summed E-state index contributed by atoms with van der Waals surface area (Å²) in [6.45, 7) is 3.50. The molecule has 1 aliphatic rings. The van der Waals surface area contributed by atoms with Crippen molar-refractivity contribution >= 4 is 5.78 Å². The molecule has 0 saturated heterocycles. The Bertz CT molecular complexity index is 458. The molecule has 0 unspecified atom stereocenters. The van der Waals surface area contributed by atoms with Crippen molar-refractivity contribution in [1.29, 1.82) is 0 Å². The van der Waals surface area contributed by atoms with Crippen LogP contribution in [0, 0.1) is 0 Å². The van der Waals surface area contributed by atoms with Crippen LogP contribution in [0.1, 0.15) is 19.4 Å². The summed E-state index contributed by atoms with van der Waals surface area (Å²) in [6, 6.07) is 7.61. The molecule has 0 bridgehead atoms. The van der Waals surface area contributed by atoms with E-state index in [9.17, 15) is 4.79 Å². The molecule has 1 heterocycles. The molecule has 84 valence electrons. The van der Waals surface area contributed by atoms with E-state index in [4.69, 9.17) is 9.84 Å². The summed E-state index contributed by atoms with van der Waals surface area (Å²) in [7, 11) is 0. The molecule has 1 aromatic rings. The molecular formula is C13H14O3. The summed E-state index contributed by atoms with van der Waals surface area (Å²) in [5.74, 6) is 0.528. The lowest BCUT2D eigenvalue weighted by atomic mass is 9.82. The van der Waals surface area contributed by atoms with Crippen molar-refractivity contribution in [2.75, 3.05) is 6.61 Å². The molecule has 0 saturated carbocycles. The number of rotatable bonds is 2. The van der Waals surface area contributed by atoms with Crippen molar-refractivity contribution in [2.24, 2.45) is 0 Å². The zero-order valence-electron chi connectivity index (χ0n) is 9.36. The summed E-state index contributed by atoms with van der Waals surface area (Å²) < 4.78 is 5.47. The highest BCUT2D eigenvalue weighted by atomic mass is 16.5. The second-order valence-corrected chi connectivity index (χ2v) is 4.41. The van der Waals surface area contributed by atoms with Gasteiger partial charge in [-0.2, -0.15) is 0 Å². The van der Waals surface area contributed by atoms with Crippen LogP contribution in [0.15, 0.2) is 36.1 Å². The molecule has 3 nitrogen and oxygen atoms in total. The van der Waals surface area contributed by atoms with Crippen LogP contribution in [-0.2, 0) is 10.2 Å². The normalized spacial score (nSPS) is 17.1. The van der Waals surface area contributed by atoms with E-state index in [1.54, 1.807) is 6.08 Å². The number of aliphatic hydroxyl groups excluding tert-OH is 1. The molecular weight excluding hydrogens is 204 g/mol. The van der Waals surface area contributed by atoms with Crippen LogP contribution >= 0.6 is 0 Å². The molecule has 0 atom stereocenters. The highest BCUT2D eigenvalue weighted by molar-refractivity contribution is 5.95. The Labute approximate surface area is 94.4 Å². The van der Waals surface area contributed by atoms with E-state index in [1.807, 2.05) is 38.1 Å². The second-order valence-electron chi connectivity index (χ2n) is 4.41. The first-order valence-electron chi connectivity index (χ1n) is 5.19. The molecule has 1 N–H and O–H groups in total. The fraction of sp³-hybridized carbons (Fsp3) is 0.308. The maximum absolute atomic E-state index is 11.4. The maximum Gasteiger partial charge on any atom is 0.222 e. The monoisotopic (exact) mass is 218 g/mol. The highest BCUT2D eigenvalue weighted by Gasteiger charge is 2.30. The Morgan fingerprint density at radius 2 is 2.06 bits per heavy atom. The molecule has 1 aliphatic heterocycles. The van der Waals surface area contributed by atoms with Crippen molar-refractivity contribution in [3.05, 3.63) is 41.7 Å². The van der Waals surface area contributed by atoms with Gasteiger partial charge in [0, 0.05) is 11.0 Å². The van der Waals surface area contributed by atoms with Gasteiger partial charge in [0.1, 0.15) is 12.4 Å². The van der Waals surface area contributed by atoms with Crippen LogP contribution in [-0.4, -0.2) is 17.5 Å². The van der Waals surface area contributed by atoms with Gasteiger partial charge in [0.15, 0.2) is 5.76 Å². The largest absolute Gasteiger partial charge is 0.454 e. The van der Waals surface area contributed by atoms with Gasteiger partial charge in [0.25, 0.3) is 0 Å². The van der Waals surface area contributed by atoms with Gasteiger partial charge >= 0.3 is 0 Å². The summed E-state index contributed by atoms with van der Waals surface area (Å²) in [5, 5.41) is 8.83. The molecule has 1 aromatic carbocycles. The standard InChI is InChI=1S/C13H14O3/c1-13(2)7-12(10(15)8-14)16-11-6-4-3-5-9(11)13/h3-7,14H,8H2,1-2H3. The maximum atomic E-state index is 11.4. The minimum atomic E-state index is -0.524. The lowest BCUT2D eigenvalue weighted by molar-refractivity contribution is -0.120. The van der Waals surface area contributed by atoms with Crippen molar-refractivity contribution in [1.82, 2.24) is 0 Å². The predicted molar refractivity (Wildman–Crippen MR) is 60.3 cm³/mol. The minimum absolute atomic E-state index is 0.228. The first kappa shape index (κ1) is 10.9. The van der Waals surface area contributed by atoms with Crippen LogP contribution in [0.3, 0.4) is 0 Å². The Hall–Kier alpha value is -1.61. The van der Waals surface area contributed by atoms with E-state index in [0.717, 1.165) is 5.56 Å². The molecule has 0 radical (unpaired) electrons. The molecule has 16 heavy (non-hydrogen) atoms. The lowest BCUT2D eigenvalue weighted by Gasteiger charge is -2.29. The van der Waals surface area contributed by atoms with E-state index in [2.05, 4.69) is 0 Å². The average Bonchev–Trinajstić information content (AvgIpc) is 2.27. The third kappa shape index (κ3) is 1.74. The third-order valence-electron chi connectivity index (χ3n) is 2.71. The number of hydrogen-bond donors (Lipinski definition) is 1. The summed E-state index contributed by atoms with van der Waals surface area (Å²) >= 11 is 0. The fourth-order valence-electron chi connectivity index (χ4n) is 1.86. The Balaban J connectivity index is 2.47. The fourth-order valence-corrected chi connectivity index (χ4v) is 1.86. The van der Waals surface area contributed by atoms with Gasteiger partial charge in [0.2, 0.25) is 5.78 Å². The highest BCUT2D eigenvalue weighted by Crippen LogP contribution is 2.38. The molecule has 0 spiro atoms. The van der Waals surface area contributed by atoms with E-state index in [-0.39, 0.29) is 17.0 Å². The predicted octanol–water partition coefficient (Wildman–Crippen LogP) is 1.80. The van der Waals surface area contributed by atoms with Crippen LogP contribution in [0.5, 0.6) is 5.75 Å². The number of ether oxygens (including phenoxy) is 1. The number of para-hydroxylation sites is 1. The lowest BCUT2D eigenvalue weighted by Crippen LogP contribution is -2.25. The molecule has 0 fully saturated rings. The third-order valence-corrected chi connectivity index (χ3v) is 2.71. The average molecular weight is 218 g/mol. The topological polar surface area (TPSA) is 46.5 Å². The number of hydrogen-bond acceptors (Lipinski definition) is 3. The van der Waals surface area contributed by atoms with Crippen LogP contribution in [0.2, 0.25) is 0 Å². The molecule has 0 aliphatic carbocycles. The van der Waals surface area contributed by atoms with E-state index < -0.39 is 6.61 Å². The number of Topliss-reactive ketones (excluding diaryl/α,β-unsaturated/α-hetero) is 1. The van der Waals surface area contributed by atoms with Gasteiger partial charge in [-0.05, 0) is 12.1 Å². The number of aliphatic hydroxyl groups is 1. The first-order valence-corrected chi connectivity index (χ1v) is 5.19. The number of allylic oxidation sites excluding steroid dienone is 1. The first-order chi connectivity index (χ1) is 7.54. The van der Waals surface area contributed by atoms with Gasteiger partial charge in [-0.3, -0.25) is 4.79 Å². The van der Waals surface area contributed by atoms with Crippen molar-refractivity contribution in [2.45, 2.75) is 19.3 Å². The SMILES string of the molecule is CC1(C)C=C(C(=O)CO)Oc2ccccc21. The Morgan fingerprint density at radius 1 is 1.38 bits per heavy atom. The van der Waals surface area contributed by atoms with Gasteiger partial charge in [-0.15, -0.1) is 0 Å². The molecule has 0 amide bonds.